The molecule has 4 aromatic heterocycles. The SMILES string of the molecule is CC[C@H]1OC(=O)[C@H](C)[C@@H](O[C@H]2C[C@@](C)(OC)[C@@H](O)[C@H](C)O2)[C@H](C)[C@@H](O[C@@H]2O[C@H](C)C[C@@H](O)[C@@H]2N(C)CCN(C)C(=O)CN(C)C(=O)/C(C#N)=C/c2ccc(-c3nc4cnc5[nH]ccc5c4n3C3[C@H]4CCC[C@@H]34)o2)[C@](C)(O)C[C@@H](C)CN(C)[C@H](C)[C@@H](O)[C@]1(C)O. The molecule has 5 fully saturated rings. The number of hydrogen-bond acceptors (Lipinski definition) is 20. The van der Waals surface area contributed by atoms with Crippen molar-refractivity contribution in [3.63, 3.8) is 0 Å². The molecule has 2 saturated carbocycles. The smallest absolute Gasteiger partial charge is 0.311 e. The highest BCUT2D eigenvalue weighted by atomic mass is 16.7. The third-order valence-electron chi connectivity index (χ3n) is 20.4. The number of cyclic esters (lactones) is 1. The minimum atomic E-state index is -1.88. The van der Waals surface area contributed by atoms with Crippen molar-refractivity contribution in [2.75, 3.05) is 61.5 Å². The number of carbonyl (C=O) groups is 3. The zero-order chi connectivity index (χ0) is 64.9. The number of ether oxygens (including phenoxy) is 6. The van der Waals surface area contributed by atoms with Gasteiger partial charge in [-0.05, 0) is 124 Å². The molecule has 2 amide bonds. The van der Waals surface area contributed by atoms with E-state index in [0.717, 1.165) is 34.9 Å². The molecule has 0 bridgehead atoms. The van der Waals surface area contributed by atoms with Gasteiger partial charge in [0.25, 0.3) is 5.91 Å². The Kier molecular flexibility index (Phi) is 20.7. The Bertz CT molecular complexity index is 3200. The molecular weight excluding hydrogens is 1150 g/mol. The number of nitrogens with one attached hydrogen (secondary N) is 1. The number of rotatable bonds is 16. The lowest BCUT2D eigenvalue weighted by atomic mass is 9.77. The Morgan fingerprint density at radius 3 is 2.34 bits per heavy atom. The second kappa shape index (κ2) is 27.0. The van der Waals surface area contributed by atoms with E-state index in [9.17, 15) is 45.2 Å². The maximum atomic E-state index is 14.7. The Morgan fingerprint density at radius 1 is 0.955 bits per heavy atom. The molecule has 21 atom stereocenters. The summed E-state index contributed by atoms with van der Waals surface area (Å²) in [5, 5.41) is 71.2. The number of nitrogens with zero attached hydrogens (tertiary/aromatic N) is 8. The van der Waals surface area contributed by atoms with Gasteiger partial charge < -0.3 is 82.6 Å². The number of aromatic nitrogens is 4. The molecule has 2 aliphatic carbocycles. The minimum Gasteiger partial charge on any atom is -0.459 e. The molecule has 4 aromatic rings. The molecule has 5 aliphatic rings. The van der Waals surface area contributed by atoms with Gasteiger partial charge in [-0.3, -0.25) is 19.3 Å². The predicted molar refractivity (Wildman–Crippen MR) is 329 cm³/mol. The van der Waals surface area contributed by atoms with Crippen molar-refractivity contribution in [2.45, 2.75) is 211 Å². The number of esters is 1. The van der Waals surface area contributed by atoms with Crippen LogP contribution in [0.5, 0.6) is 0 Å². The molecular formula is C65H97N9O15. The van der Waals surface area contributed by atoms with E-state index in [4.69, 9.17) is 37.8 Å². The molecule has 9 rings (SSSR count). The highest BCUT2D eigenvalue weighted by Crippen LogP contribution is 2.62. The standard InChI is InChI=1S/C65H97N9O15/c1-16-48-65(10,82)55(77)38(6)72(13)32-34(2)28-63(8,81)57(36(4)54(37(5)61(80)87-48)88-50-29-64(9,83-15)56(78)39(7)85-50)89-62-53(46(75)26-35(3)84-62)71(12)25-24-70(11)49(76)33-73(14)60(79)40(30-66)27-41-20-21-47(86-41)59-69-45-31-68-58-44(22-23-67-58)52(45)74(59)51-42-18-17-19-43(42)51/h20-23,27,31,34-39,42-43,46,48,50-51,53-57,62,75,77-78,81-82H,16-19,24-26,28-29,32-33H2,1-15H3,(H,67,68)/b40-27+/t34-,35-,36+,37-,38-,39+,42-,43+,46-,48-,50+,51?,53+,54+,55-,56+,57-,62+,63-,64-,65-/m1/s1. The van der Waals surface area contributed by atoms with Gasteiger partial charge in [-0.25, -0.2) is 9.97 Å². The molecule has 6 N–H and O–H groups in total. The highest BCUT2D eigenvalue weighted by Gasteiger charge is 2.56. The molecule has 492 valence electrons. The molecule has 24 nitrogen and oxygen atoms in total. The van der Waals surface area contributed by atoms with Crippen LogP contribution in [-0.4, -0.2) is 234 Å². The number of aliphatic hydroxyl groups is 5. The third kappa shape index (κ3) is 13.9. The van der Waals surface area contributed by atoms with Gasteiger partial charge in [-0.2, -0.15) is 5.26 Å². The summed E-state index contributed by atoms with van der Waals surface area (Å²) in [4.78, 5) is 61.7. The molecule has 0 spiro atoms. The van der Waals surface area contributed by atoms with E-state index < -0.39 is 120 Å². The lowest BCUT2D eigenvalue weighted by Gasteiger charge is -2.49. The number of amides is 2. The van der Waals surface area contributed by atoms with Crippen LogP contribution in [0, 0.1) is 40.9 Å². The largest absolute Gasteiger partial charge is 0.459 e. The summed E-state index contributed by atoms with van der Waals surface area (Å²) in [6, 6.07) is 6.29. The highest BCUT2D eigenvalue weighted by molar-refractivity contribution is 6.03. The maximum Gasteiger partial charge on any atom is 0.311 e. The predicted octanol–water partition coefficient (Wildman–Crippen LogP) is 5.25. The average Bonchev–Trinajstić information content (AvgIpc) is 1.55. The van der Waals surface area contributed by atoms with Crippen molar-refractivity contribution in [2.24, 2.45) is 29.6 Å². The maximum absolute atomic E-state index is 14.7. The Morgan fingerprint density at radius 2 is 1.66 bits per heavy atom. The first kappa shape index (κ1) is 68.0. The molecule has 3 aliphatic heterocycles. The van der Waals surface area contributed by atoms with Crippen LogP contribution in [0.1, 0.15) is 126 Å². The average molecular weight is 1240 g/mol. The van der Waals surface area contributed by atoms with Crippen molar-refractivity contribution in [1.82, 2.24) is 39.1 Å². The number of likely N-dealkylation sites (N-methyl/N-ethyl adjacent to an activating group) is 4. The van der Waals surface area contributed by atoms with Crippen molar-refractivity contribution in [1.29, 1.82) is 5.26 Å². The molecule has 7 heterocycles. The first-order valence-corrected chi connectivity index (χ1v) is 31.8. The Labute approximate surface area is 522 Å². The summed E-state index contributed by atoms with van der Waals surface area (Å²) < 4.78 is 47.4. The number of imidazole rings is 1. The summed E-state index contributed by atoms with van der Waals surface area (Å²) in [5.74, 6) is -1.57. The van der Waals surface area contributed by atoms with E-state index >= 15 is 0 Å². The zero-order valence-electron chi connectivity index (χ0n) is 54.5. The number of carbonyl (C=O) groups excluding carboxylic acids is 3. The summed E-state index contributed by atoms with van der Waals surface area (Å²) in [5.41, 5.74) is -2.42. The number of H-pyrrole nitrogens is 1. The molecule has 24 heteroatoms. The summed E-state index contributed by atoms with van der Waals surface area (Å²) in [6.07, 6.45) is -1.28. The number of furan rings is 1. The quantitative estimate of drug-likeness (QED) is 0.0474. The van der Waals surface area contributed by atoms with Gasteiger partial charge in [-0.1, -0.05) is 27.2 Å². The molecule has 0 aromatic carbocycles. The second-order valence-electron chi connectivity index (χ2n) is 27.3. The van der Waals surface area contributed by atoms with Gasteiger partial charge in [0.15, 0.2) is 24.2 Å². The van der Waals surface area contributed by atoms with Gasteiger partial charge >= 0.3 is 5.97 Å². The van der Waals surface area contributed by atoms with Crippen LogP contribution in [0.25, 0.3) is 39.7 Å². The van der Waals surface area contributed by atoms with Crippen molar-refractivity contribution >= 4 is 45.9 Å². The van der Waals surface area contributed by atoms with Crippen LogP contribution in [0.2, 0.25) is 0 Å². The van der Waals surface area contributed by atoms with Crippen LogP contribution in [0.15, 0.2) is 40.6 Å². The monoisotopic (exact) mass is 1240 g/mol. The van der Waals surface area contributed by atoms with Gasteiger partial charge in [0, 0.05) is 89.3 Å². The van der Waals surface area contributed by atoms with E-state index in [-0.39, 0.29) is 68.6 Å². The van der Waals surface area contributed by atoms with Crippen molar-refractivity contribution < 1.29 is 72.8 Å². The van der Waals surface area contributed by atoms with E-state index in [2.05, 4.69) is 14.5 Å². The van der Waals surface area contributed by atoms with Crippen LogP contribution in [-0.2, 0) is 42.8 Å². The number of aromatic amines is 1. The van der Waals surface area contributed by atoms with Gasteiger partial charge in [0.2, 0.25) is 5.91 Å². The van der Waals surface area contributed by atoms with Gasteiger partial charge in [-0.15, -0.1) is 0 Å². The fourth-order valence-corrected chi connectivity index (χ4v) is 15.0. The summed E-state index contributed by atoms with van der Waals surface area (Å²) in [6.45, 7) is 17.6. The zero-order valence-corrected chi connectivity index (χ0v) is 54.5. The van der Waals surface area contributed by atoms with E-state index in [1.165, 1.54) is 43.4 Å². The summed E-state index contributed by atoms with van der Waals surface area (Å²) in [7, 11) is 8.12. The van der Waals surface area contributed by atoms with Gasteiger partial charge in [0.05, 0.1) is 71.9 Å². The summed E-state index contributed by atoms with van der Waals surface area (Å²) >= 11 is 0. The fraction of sp³-hybridized carbons (Fsp3) is 0.723. The lowest BCUT2D eigenvalue weighted by Crippen LogP contribution is -2.62. The molecule has 89 heavy (non-hydrogen) atoms. The fourth-order valence-electron chi connectivity index (χ4n) is 15.0. The van der Waals surface area contributed by atoms with Crippen LogP contribution >= 0.6 is 0 Å². The number of pyridine rings is 1. The number of fused-ring (bicyclic) bond motifs is 4. The third-order valence-corrected chi connectivity index (χ3v) is 20.4. The van der Waals surface area contributed by atoms with Crippen molar-refractivity contribution in [3.05, 3.63) is 41.9 Å². The number of methoxy groups -OCH3 is 1. The molecule has 1 unspecified atom stereocenters. The Hall–Kier alpha value is -5.40. The lowest BCUT2D eigenvalue weighted by molar-refractivity contribution is -0.315. The topological polar surface area (TPSA) is 304 Å². The minimum absolute atomic E-state index is 0.0580. The second-order valence-corrected chi connectivity index (χ2v) is 27.3. The van der Waals surface area contributed by atoms with E-state index in [1.807, 2.05) is 49.0 Å². The van der Waals surface area contributed by atoms with E-state index in [1.54, 1.807) is 80.9 Å². The van der Waals surface area contributed by atoms with Crippen LogP contribution in [0.3, 0.4) is 0 Å². The van der Waals surface area contributed by atoms with E-state index in [0.29, 0.717) is 30.0 Å². The Balaban J connectivity index is 0.916. The molecule has 3 saturated heterocycles. The first-order chi connectivity index (χ1) is 41.9. The number of hydrogen-bond donors (Lipinski definition) is 6. The van der Waals surface area contributed by atoms with Crippen molar-refractivity contribution in [3.8, 4) is 17.7 Å². The van der Waals surface area contributed by atoms with Crippen LogP contribution < -0.4 is 0 Å². The van der Waals surface area contributed by atoms with Gasteiger partial charge in [0.1, 0.15) is 52.5 Å². The first-order valence-electron chi connectivity index (χ1n) is 31.8. The number of nitriles is 1. The normalized spacial score (nSPS) is 37.8. The molecule has 0 radical (unpaired) electrons. The number of aliphatic hydroxyl groups excluding tert-OH is 3. The van der Waals surface area contributed by atoms with Crippen LogP contribution in [0.4, 0.5) is 0 Å².